The van der Waals surface area contributed by atoms with Crippen LogP contribution in [0.15, 0.2) is 23.8 Å². The van der Waals surface area contributed by atoms with Crippen LogP contribution in [-0.4, -0.2) is 12.6 Å². The van der Waals surface area contributed by atoms with Gasteiger partial charge in [-0.15, -0.1) is 0 Å². The van der Waals surface area contributed by atoms with Crippen molar-refractivity contribution >= 4 is 5.97 Å². The van der Waals surface area contributed by atoms with Crippen LogP contribution in [-0.2, 0) is 9.53 Å². The van der Waals surface area contributed by atoms with Crippen LogP contribution in [0, 0.1) is 17.3 Å². The minimum absolute atomic E-state index is 0.207. The molecule has 19 heavy (non-hydrogen) atoms. The average Bonchev–Trinajstić information content (AvgIpc) is 2.91. The highest BCUT2D eigenvalue weighted by atomic mass is 16.5. The van der Waals surface area contributed by atoms with Crippen molar-refractivity contribution in [1.82, 2.24) is 0 Å². The molecule has 0 radical (unpaired) electrons. The SMILES string of the molecule is C=C1[C@H]2CC[C@@H](C2)[C@]1(C)CC/C=C(/C)COC(C)=O. The van der Waals surface area contributed by atoms with Gasteiger partial charge in [-0.1, -0.05) is 25.2 Å². The number of allylic oxidation sites excluding steroid dienone is 2. The highest BCUT2D eigenvalue weighted by molar-refractivity contribution is 5.66. The molecular weight excluding hydrogens is 236 g/mol. The van der Waals surface area contributed by atoms with E-state index in [9.17, 15) is 4.79 Å². The molecule has 0 heterocycles. The van der Waals surface area contributed by atoms with Gasteiger partial charge in [0.1, 0.15) is 6.61 Å². The Balaban J connectivity index is 1.84. The lowest BCUT2D eigenvalue weighted by atomic mass is 9.69. The van der Waals surface area contributed by atoms with E-state index in [1.807, 2.05) is 6.92 Å². The molecule has 0 N–H and O–H groups in total. The van der Waals surface area contributed by atoms with E-state index in [2.05, 4.69) is 19.6 Å². The Morgan fingerprint density at radius 2 is 2.21 bits per heavy atom. The third kappa shape index (κ3) is 2.93. The Labute approximate surface area is 116 Å². The van der Waals surface area contributed by atoms with Gasteiger partial charge in [0, 0.05) is 6.92 Å². The van der Waals surface area contributed by atoms with E-state index in [1.165, 1.54) is 38.2 Å². The number of hydrogen-bond donors (Lipinski definition) is 0. The first-order chi connectivity index (χ1) is 8.93. The molecule has 0 aromatic rings. The van der Waals surface area contributed by atoms with Gasteiger partial charge in [-0.25, -0.2) is 0 Å². The molecule has 0 aromatic heterocycles. The summed E-state index contributed by atoms with van der Waals surface area (Å²) in [5, 5.41) is 0. The van der Waals surface area contributed by atoms with Crippen LogP contribution < -0.4 is 0 Å². The molecule has 2 heteroatoms. The highest BCUT2D eigenvalue weighted by Gasteiger charge is 2.49. The molecular formula is C17H26O2. The maximum atomic E-state index is 10.8. The second kappa shape index (κ2) is 5.52. The molecule has 0 saturated heterocycles. The monoisotopic (exact) mass is 262 g/mol. The van der Waals surface area contributed by atoms with Crippen LogP contribution >= 0.6 is 0 Å². The first-order valence-corrected chi connectivity index (χ1v) is 7.41. The van der Waals surface area contributed by atoms with Gasteiger partial charge in [0.2, 0.25) is 0 Å². The number of fused-ring (bicyclic) bond motifs is 2. The number of carbonyl (C=O) groups is 1. The summed E-state index contributed by atoms with van der Waals surface area (Å²) in [5.41, 5.74) is 2.99. The Morgan fingerprint density at radius 1 is 1.47 bits per heavy atom. The number of ether oxygens (including phenoxy) is 1. The first kappa shape index (κ1) is 14.4. The number of esters is 1. The standard InChI is InChI=1S/C17H26O2/c1-12(11-19-14(3)18)6-5-9-17(4)13(2)15-7-8-16(17)10-15/h6,15-16H,2,5,7-11H2,1,3-4H3/b12-6-/t15-,16-,17+/m0/s1. The molecule has 0 spiro atoms. The predicted octanol–water partition coefficient (Wildman–Crippen LogP) is 4.27. The molecule has 0 amide bonds. The molecule has 0 aliphatic heterocycles. The predicted molar refractivity (Wildman–Crippen MR) is 77.7 cm³/mol. The van der Waals surface area contributed by atoms with Crippen molar-refractivity contribution in [3.8, 4) is 0 Å². The molecule has 2 rings (SSSR count). The smallest absolute Gasteiger partial charge is 0.302 e. The van der Waals surface area contributed by atoms with Gasteiger partial charge in [0.15, 0.2) is 0 Å². The van der Waals surface area contributed by atoms with Gasteiger partial charge < -0.3 is 4.74 Å². The van der Waals surface area contributed by atoms with E-state index >= 15 is 0 Å². The molecule has 0 unspecified atom stereocenters. The van der Waals surface area contributed by atoms with Crippen LogP contribution in [0.25, 0.3) is 0 Å². The van der Waals surface area contributed by atoms with E-state index in [0.29, 0.717) is 12.0 Å². The molecule has 2 nitrogen and oxygen atoms in total. The molecule has 3 atom stereocenters. The first-order valence-electron chi connectivity index (χ1n) is 7.41. The molecule has 2 aliphatic rings. The van der Waals surface area contributed by atoms with Crippen molar-refractivity contribution in [2.24, 2.45) is 17.3 Å². The van der Waals surface area contributed by atoms with Gasteiger partial charge in [-0.2, -0.15) is 0 Å². The summed E-state index contributed by atoms with van der Waals surface area (Å²) in [7, 11) is 0. The summed E-state index contributed by atoms with van der Waals surface area (Å²) in [6, 6.07) is 0. The van der Waals surface area contributed by atoms with Gasteiger partial charge >= 0.3 is 5.97 Å². The molecule has 2 aliphatic carbocycles. The normalized spacial score (nSPS) is 33.8. The Kier molecular flexibility index (Phi) is 4.17. The molecule has 2 saturated carbocycles. The second-order valence-electron chi connectivity index (χ2n) is 6.52. The van der Waals surface area contributed by atoms with Gasteiger partial charge in [0.05, 0.1) is 0 Å². The molecule has 0 aromatic carbocycles. The Hall–Kier alpha value is -1.05. The third-order valence-electron chi connectivity index (χ3n) is 5.22. The summed E-state index contributed by atoms with van der Waals surface area (Å²) in [6.45, 7) is 10.7. The maximum Gasteiger partial charge on any atom is 0.302 e. The largest absolute Gasteiger partial charge is 0.461 e. The van der Waals surface area contributed by atoms with Crippen LogP contribution in [0.1, 0.15) is 52.9 Å². The Morgan fingerprint density at radius 3 is 2.79 bits per heavy atom. The van der Waals surface area contributed by atoms with Crippen molar-refractivity contribution in [3.63, 3.8) is 0 Å². The highest BCUT2D eigenvalue weighted by Crippen LogP contribution is 2.60. The van der Waals surface area contributed by atoms with Crippen LogP contribution in [0.4, 0.5) is 0 Å². The number of carbonyl (C=O) groups excluding carboxylic acids is 1. The van der Waals surface area contributed by atoms with Gasteiger partial charge in [-0.3, -0.25) is 4.79 Å². The minimum Gasteiger partial charge on any atom is -0.461 e. The van der Waals surface area contributed by atoms with Crippen molar-refractivity contribution in [1.29, 1.82) is 0 Å². The lowest BCUT2D eigenvalue weighted by molar-refractivity contribution is -0.139. The fraction of sp³-hybridized carbons (Fsp3) is 0.706. The quantitative estimate of drug-likeness (QED) is 0.546. The zero-order valence-corrected chi connectivity index (χ0v) is 12.5. The minimum atomic E-state index is -0.207. The Bertz CT molecular complexity index is 407. The fourth-order valence-corrected chi connectivity index (χ4v) is 3.86. The van der Waals surface area contributed by atoms with Crippen molar-refractivity contribution < 1.29 is 9.53 Å². The van der Waals surface area contributed by atoms with Crippen LogP contribution in [0.2, 0.25) is 0 Å². The van der Waals surface area contributed by atoms with E-state index in [-0.39, 0.29) is 5.97 Å². The second-order valence-corrected chi connectivity index (χ2v) is 6.52. The molecule has 2 bridgehead atoms. The summed E-state index contributed by atoms with van der Waals surface area (Å²) in [6.07, 6.45) is 8.58. The third-order valence-corrected chi connectivity index (χ3v) is 5.22. The van der Waals surface area contributed by atoms with Gasteiger partial charge in [0.25, 0.3) is 0 Å². The maximum absolute atomic E-state index is 10.8. The summed E-state index contributed by atoms with van der Waals surface area (Å²) < 4.78 is 5.00. The number of hydrogen-bond acceptors (Lipinski definition) is 2. The van der Waals surface area contributed by atoms with Crippen molar-refractivity contribution in [3.05, 3.63) is 23.8 Å². The van der Waals surface area contributed by atoms with Crippen molar-refractivity contribution in [2.75, 3.05) is 6.61 Å². The van der Waals surface area contributed by atoms with Crippen LogP contribution in [0.5, 0.6) is 0 Å². The molecule has 2 fully saturated rings. The summed E-state index contributed by atoms with van der Waals surface area (Å²) in [4.78, 5) is 10.8. The van der Waals surface area contributed by atoms with E-state index in [4.69, 9.17) is 4.74 Å². The van der Waals surface area contributed by atoms with Gasteiger partial charge in [-0.05, 0) is 61.9 Å². The lowest BCUT2D eigenvalue weighted by Crippen LogP contribution is -2.26. The topological polar surface area (TPSA) is 26.3 Å². The van der Waals surface area contributed by atoms with E-state index < -0.39 is 0 Å². The zero-order valence-electron chi connectivity index (χ0n) is 12.5. The lowest BCUT2D eigenvalue weighted by Gasteiger charge is -2.36. The average molecular weight is 262 g/mol. The molecule has 106 valence electrons. The van der Waals surface area contributed by atoms with Crippen molar-refractivity contribution in [2.45, 2.75) is 52.9 Å². The van der Waals surface area contributed by atoms with E-state index in [0.717, 1.165) is 23.8 Å². The number of rotatable bonds is 5. The van der Waals surface area contributed by atoms with E-state index in [1.54, 1.807) is 0 Å². The fourth-order valence-electron chi connectivity index (χ4n) is 3.86. The summed E-state index contributed by atoms with van der Waals surface area (Å²) in [5.74, 6) is 1.44. The van der Waals surface area contributed by atoms with Crippen LogP contribution in [0.3, 0.4) is 0 Å². The zero-order chi connectivity index (χ0) is 14.0. The summed E-state index contributed by atoms with van der Waals surface area (Å²) >= 11 is 0.